The van der Waals surface area contributed by atoms with Gasteiger partial charge in [-0.3, -0.25) is 0 Å². The molecule has 5 heteroatoms. The number of hydrogen-bond donors (Lipinski definition) is 0. The van der Waals surface area contributed by atoms with Gasteiger partial charge in [0.05, 0.1) is 26.2 Å². The van der Waals surface area contributed by atoms with Crippen molar-refractivity contribution in [1.29, 1.82) is 0 Å². The summed E-state index contributed by atoms with van der Waals surface area (Å²) < 4.78 is 12.0. The normalized spacial score (nSPS) is 27.8. The first-order valence-corrected chi connectivity index (χ1v) is 10.7. The lowest BCUT2D eigenvalue weighted by molar-refractivity contribution is -0.947. The van der Waals surface area contributed by atoms with E-state index < -0.39 is 11.6 Å². The Hall–Kier alpha value is -1.62. The molecule has 3 rings (SSSR count). The summed E-state index contributed by atoms with van der Waals surface area (Å²) in [6.07, 6.45) is 10.0. The van der Waals surface area contributed by atoms with Gasteiger partial charge in [0.25, 0.3) is 0 Å². The van der Waals surface area contributed by atoms with Crippen molar-refractivity contribution in [2.24, 2.45) is 5.92 Å². The molecule has 1 aromatic heterocycles. The molecule has 2 aliphatic rings. The van der Waals surface area contributed by atoms with E-state index in [4.69, 9.17) is 9.15 Å². The van der Waals surface area contributed by atoms with Crippen molar-refractivity contribution >= 4 is 5.97 Å². The van der Waals surface area contributed by atoms with E-state index in [-0.39, 0.29) is 5.56 Å². The quantitative estimate of drug-likeness (QED) is 0.411. The van der Waals surface area contributed by atoms with Crippen LogP contribution in [0.3, 0.4) is 0 Å². The molecule has 0 aliphatic carbocycles. The molecule has 150 valence electrons. The zero-order valence-corrected chi connectivity index (χ0v) is 16.9. The zero-order chi connectivity index (χ0) is 19.3. The summed E-state index contributed by atoms with van der Waals surface area (Å²) in [5.41, 5.74) is -0.554. The first kappa shape index (κ1) is 20.1. The first-order chi connectivity index (χ1) is 13.0. The minimum Gasteiger partial charge on any atom is -0.461 e. The molecule has 0 radical (unpaired) electrons. The Morgan fingerprint density at radius 1 is 1.19 bits per heavy atom. The maximum absolute atomic E-state index is 12.4. The minimum absolute atomic E-state index is 0.0194. The largest absolute Gasteiger partial charge is 0.461 e. The number of quaternary nitrogens is 1. The summed E-state index contributed by atoms with van der Waals surface area (Å²) >= 11 is 0. The highest BCUT2D eigenvalue weighted by atomic mass is 16.5. The Kier molecular flexibility index (Phi) is 6.74. The number of nitrogens with zero attached hydrogens (tertiary/aromatic N) is 1. The molecule has 2 aliphatic heterocycles. The van der Waals surface area contributed by atoms with Crippen LogP contribution in [0.2, 0.25) is 0 Å². The van der Waals surface area contributed by atoms with Crippen LogP contribution in [0.15, 0.2) is 21.3 Å². The van der Waals surface area contributed by atoms with Gasteiger partial charge in [-0.05, 0) is 44.2 Å². The molecule has 0 N–H and O–H groups in total. The van der Waals surface area contributed by atoms with Gasteiger partial charge >= 0.3 is 11.6 Å². The van der Waals surface area contributed by atoms with Crippen molar-refractivity contribution in [3.8, 4) is 0 Å². The van der Waals surface area contributed by atoms with Gasteiger partial charge in [-0.15, -0.1) is 0 Å². The monoisotopic (exact) mass is 376 g/mol. The van der Waals surface area contributed by atoms with E-state index in [0.29, 0.717) is 24.3 Å². The molecule has 27 heavy (non-hydrogen) atoms. The van der Waals surface area contributed by atoms with E-state index in [1.54, 1.807) is 12.1 Å². The third-order valence-corrected chi connectivity index (χ3v) is 6.56. The number of unbranched alkanes of at least 4 members (excludes halogenated alkanes) is 2. The number of hydrogen-bond acceptors (Lipinski definition) is 4. The van der Waals surface area contributed by atoms with Gasteiger partial charge in [-0.1, -0.05) is 19.8 Å². The van der Waals surface area contributed by atoms with E-state index in [9.17, 15) is 9.59 Å². The maximum Gasteiger partial charge on any atom is 0.350 e. The average molecular weight is 377 g/mol. The average Bonchev–Trinajstić information content (AvgIpc) is 2.66. The fourth-order valence-electron chi connectivity index (χ4n) is 4.98. The molecule has 0 bridgehead atoms. The summed E-state index contributed by atoms with van der Waals surface area (Å²) in [4.78, 5) is 24.6. The topological polar surface area (TPSA) is 56.5 Å². The van der Waals surface area contributed by atoms with E-state index in [1.807, 2.05) is 0 Å². The van der Waals surface area contributed by atoms with Crippen molar-refractivity contribution in [3.63, 3.8) is 0 Å². The summed E-state index contributed by atoms with van der Waals surface area (Å²) in [5.74, 6) is 0.500. The minimum atomic E-state index is -0.573. The second-order valence-electron chi connectivity index (χ2n) is 8.55. The molecule has 2 fully saturated rings. The predicted octanol–water partition coefficient (Wildman–Crippen LogP) is 3.94. The highest BCUT2D eigenvalue weighted by Gasteiger charge is 2.43. The lowest BCUT2D eigenvalue weighted by Gasteiger charge is -2.51. The number of rotatable bonds is 7. The molecule has 0 aromatic carbocycles. The van der Waals surface area contributed by atoms with Crippen LogP contribution in [0.1, 0.15) is 74.4 Å². The zero-order valence-electron chi connectivity index (χ0n) is 16.9. The number of fused-ring (bicyclic) bond motifs is 1. The Balaban J connectivity index is 1.58. The van der Waals surface area contributed by atoms with Crippen molar-refractivity contribution in [1.82, 2.24) is 0 Å². The van der Waals surface area contributed by atoms with Gasteiger partial charge in [-0.25, -0.2) is 9.59 Å². The number of ether oxygens (including phenoxy) is 1. The van der Waals surface area contributed by atoms with Gasteiger partial charge < -0.3 is 13.6 Å². The van der Waals surface area contributed by atoms with Crippen LogP contribution in [-0.2, 0) is 11.2 Å². The molecule has 3 atom stereocenters. The van der Waals surface area contributed by atoms with E-state index in [0.717, 1.165) is 36.6 Å². The Morgan fingerprint density at radius 2 is 2.00 bits per heavy atom. The Labute approximate surface area is 162 Å². The molecule has 2 saturated heterocycles. The summed E-state index contributed by atoms with van der Waals surface area (Å²) in [5, 5.41) is 0. The standard InChI is InChI=1S/C22H34NO4/c1-3-4-5-10-18-12-13-19(22(25)27-18)21(24)26-16-17-9-8-15-23(2)14-7-6-11-20(17)23/h12-13,17,20H,3-11,14-16H2,1-2H3/q+1/t17-,20+,23-/m1/s1. The van der Waals surface area contributed by atoms with Crippen LogP contribution < -0.4 is 5.63 Å². The van der Waals surface area contributed by atoms with Crippen LogP contribution in [0, 0.1) is 5.92 Å². The number of carbonyl (C=O) groups is 1. The molecule has 0 unspecified atom stereocenters. The van der Waals surface area contributed by atoms with E-state index in [1.165, 1.54) is 38.8 Å². The van der Waals surface area contributed by atoms with Crippen LogP contribution in [-0.4, -0.2) is 43.2 Å². The van der Waals surface area contributed by atoms with Crippen LogP contribution in [0.5, 0.6) is 0 Å². The summed E-state index contributed by atoms with van der Waals surface area (Å²) in [7, 11) is 2.35. The van der Waals surface area contributed by atoms with Crippen LogP contribution in [0.4, 0.5) is 0 Å². The molecule has 5 nitrogen and oxygen atoms in total. The third-order valence-electron chi connectivity index (χ3n) is 6.56. The van der Waals surface area contributed by atoms with Crippen molar-refractivity contribution in [3.05, 3.63) is 33.9 Å². The Bertz CT molecular complexity index is 694. The third kappa shape index (κ3) is 4.81. The van der Waals surface area contributed by atoms with Gasteiger partial charge in [0.15, 0.2) is 0 Å². The fraction of sp³-hybridized carbons (Fsp3) is 0.727. The molecule has 0 saturated carbocycles. The fourth-order valence-corrected chi connectivity index (χ4v) is 4.98. The number of piperidine rings is 2. The molecule has 1 aromatic rings. The number of esters is 1. The maximum atomic E-state index is 12.4. The van der Waals surface area contributed by atoms with Gasteiger partial charge in [0, 0.05) is 18.8 Å². The highest BCUT2D eigenvalue weighted by molar-refractivity contribution is 5.88. The van der Waals surface area contributed by atoms with Gasteiger partial charge in [0.2, 0.25) is 0 Å². The molecule has 0 amide bonds. The summed E-state index contributed by atoms with van der Waals surface area (Å²) in [6, 6.07) is 3.89. The highest BCUT2D eigenvalue weighted by Crippen LogP contribution is 2.36. The molecule has 0 spiro atoms. The molecular formula is C22H34NO4+. The predicted molar refractivity (Wildman–Crippen MR) is 105 cm³/mol. The van der Waals surface area contributed by atoms with Gasteiger partial charge in [-0.2, -0.15) is 0 Å². The number of aryl methyl sites for hydroxylation is 1. The Morgan fingerprint density at radius 3 is 2.78 bits per heavy atom. The van der Waals surface area contributed by atoms with Crippen LogP contribution >= 0.6 is 0 Å². The van der Waals surface area contributed by atoms with Crippen molar-refractivity contribution < 1.29 is 18.4 Å². The van der Waals surface area contributed by atoms with Crippen molar-refractivity contribution in [2.75, 3.05) is 26.7 Å². The summed E-state index contributed by atoms with van der Waals surface area (Å²) in [6.45, 7) is 5.02. The molecule has 3 heterocycles. The lowest BCUT2D eigenvalue weighted by Crippen LogP contribution is -2.61. The van der Waals surface area contributed by atoms with E-state index >= 15 is 0 Å². The second-order valence-corrected chi connectivity index (χ2v) is 8.55. The number of carbonyl (C=O) groups excluding carboxylic acids is 1. The lowest BCUT2D eigenvalue weighted by atomic mass is 9.82. The molecular weight excluding hydrogens is 342 g/mol. The van der Waals surface area contributed by atoms with Crippen LogP contribution in [0.25, 0.3) is 0 Å². The first-order valence-electron chi connectivity index (χ1n) is 10.7. The smallest absolute Gasteiger partial charge is 0.350 e. The SMILES string of the molecule is CCCCCc1ccc(C(=O)OC[C@H]2CCC[N@@+]3(C)CCCC[C@@H]23)c(=O)o1. The van der Waals surface area contributed by atoms with Gasteiger partial charge in [0.1, 0.15) is 17.9 Å². The van der Waals surface area contributed by atoms with Crippen molar-refractivity contribution in [2.45, 2.75) is 70.8 Å². The van der Waals surface area contributed by atoms with E-state index in [2.05, 4.69) is 14.0 Å². The second kappa shape index (κ2) is 9.05.